The minimum Gasteiger partial charge on any atom is -0.267 e. The molecule has 0 atom stereocenters. The normalized spacial score (nSPS) is 14.1. The number of hydrazone groups is 1. The summed E-state index contributed by atoms with van der Waals surface area (Å²) >= 11 is 5.95. The van der Waals surface area contributed by atoms with Crippen molar-refractivity contribution in [3.05, 3.63) is 76.2 Å². The number of carbonyl (C=O) groups excluding carboxylic acids is 1. The molecular formula is C20H15ClFN3O. The zero-order valence-corrected chi connectivity index (χ0v) is 14.5. The van der Waals surface area contributed by atoms with Crippen LogP contribution in [0.5, 0.6) is 0 Å². The lowest BCUT2D eigenvalue weighted by Crippen LogP contribution is -2.18. The maximum atomic E-state index is 13.8. The standard InChI is InChI=1S/C20H15ClFN3O/c21-16-5-3-6-17(22)15(16)11-23-25-20(26)14-10-19(12-8-9-12)24-18-7-2-1-4-13(14)18/h1-7,10-12H,8-9H2,(H,25,26)/b23-11+. The Bertz CT molecular complexity index is 1010. The lowest BCUT2D eigenvalue weighted by molar-refractivity contribution is 0.0956. The molecule has 0 spiro atoms. The van der Waals surface area contributed by atoms with Gasteiger partial charge in [-0.2, -0.15) is 5.10 Å². The molecule has 6 heteroatoms. The van der Waals surface area contributed by atoms with Gasteiger partial charge in [0.15, 0.2) is 0 Å². The fraction of sp³-hybridized carbons (Fsp3) is 0.150. The molecule has 0 aliphatic heterocycles. The van der Waals surface area contributed by atoms with E-state index in [0.717, 1.165) is 29.4 Å². The summed E-state index contributed by atoms with van der Waals surface area (Å²) in [4.78, 5) is 17.3. The van der Waals surface area contributed by atoms with E-state index in [-0.39, 0.29) is 16.5 Å². The highest BCUT2D eigenvalue weighted by Gasteiger charge is 2.26. The van der Waals surface area contributed by atoms with E-state index in [1.54, 1.807) is 6.07 Å². The molecule has 1 aromatic heterocycles. The van der Waals surface area contributed by atoms with E-state index in [1.165, 1.54) is 18.3 Å². The van der Waals surface area contributed by atoms with Gasteiger partial charge in [-0.1, -0.05) is 35.9 Å². The number of hydrogen-bond acceptors (Lipinski definition) is 3. The van der Waals surface area contributed by atoms with E-state index in [0.29, 0.717) is 11.5 Å². The van der Waals surface area contributed by atoms with Crippen molar-refractivity contribution < 1.29 is 9.18 Å². The molecule has 3 aromatic rings. The lowest BCUT2D eigenvalue weighted by atomic mass is 10.1. The summed E-state index contributed by atoms with van der Waals surface area (Å²) in [5.74, 6) is -0.443. The summed E-state index contributed by atoms with van der Waals surface area (Å²) in [6, 6.07) is 13.7. The Kier molecular flexibility index (Phi) is 4.39. The van der Waals surface area contributed by atoms with Crippen LogP contribution in [0.15, 0.2) is 53.6 Å². The third-order valence-electron chi connectivity index (χ3n) is 4.34. The Morgan fingerprint density at radius 3 is 2.81 bits per heavy atom. The van der Waals surface area contributed by atoms with Crippen LogP contribution >= 0.6 is 11.6 Å². The monoisotopic (exact) mass is 367 g/mol. The predicted molar refractivity (Wildman–Crippen MR) is 100 cm³/mol. The topological polar surface area (TPSA) is 54.4 Å². The first kappa shape index (κ1) is 16.7. The number of amides is 1. The third-order valence-corrected chi connectivity index (χ3v) is 4.67. The highest BCUT2D eigenvalue weighted by Crippen LogP contribution is 2.40. The number of fused-ring (bicyclic) bond motifs is 1. The van der Waals surface area contributed by atoms with Crippen molar-refractivity contribution in [1.29, 1.82) is 0 Å². The minimum absolute atomic E-state index is 0.132. The highest BCUT2D eigenvalue weighted by molar-refractivity contribution is 6.33. The van der Waals surface area contributed by atoms with E-state index < -0.39 is 5.82 Å². The van der Waals surface area contributed by atoms with Gasteiger partial charge in [0, 0.05) is 22.6 Å². The molecule has 4 nitrogen and oxygen atoms in total. The van der Waals surface area contributed by atoms with Gasteiger partial charge in [-0.05, 0) is 37.1 Å². The van der Waals surface area contributed by atoms with Gasteiger partial charge in [-0.25, -0.2) is 9.82 Å². The zero-order valence-electron chi connectivity index (χ0n) is 13.7. The summed E-state index contributed by atoms with van der Waals surface area (Å²) in [5, 5.41) is 4.86. The minimum atomic E-state index is -0.499. The average Bonchev–Trinajstić information content (AvgIpc) is 3.48. The second-order valence-electron chi connectivity index (χ2n) is 6.22. The number of carbonyl (C=O) groups is 1. The number of halogens is 2. The summed E-state index contributed by atoms with van der Waals surface area (Å²) in [6.45, 7) is 0. The van der Waals surface area contributed by atoms with E-state index in [2.05, 4.69) is 15.5 Å². The molecule has 0 saturated heterocycles. The van der Waals surface area contributed by atoms with Gasteiger partial charge in [0.25, 0.3) is 5.91 Å². The van der Waals surface area contributed by atoms with E-state index in [1.807, 2.05) is 30.3 Å². The van der Waals surface area contributed by atoms with Crippen LogP contribution in [-0.2, 0) is 0 Å². The van der Waals surface area contributed by atoms with Gasteiger partial charge in [-0.15, -0.1) is 0 Å². The SMILES string of the molecule is O=C(N/N=C/c1c(F)cccc1Cl)c1cc(C2CC2)nc2ccccc12. The summed E-state index contributed by atoms with van der Waals surface area (Å²) in [6.07, 6.45) is 3.40. The predicted octanol–water partition coefficient (Wildman–Crippen LogP) is 4.67. The third kappa shape index (κ3) is 3.30. The summed E-state index contributed by atoms with van der Waals surface area (Å²) in [5.41, 5.74) is 4.81. The fourth-order valence-corrected chi connectivity index (χ4v) is 3.03. The zero-order chi connectivity index (χ0) is 18.1. The first-order valence-electron chi connectivity index (χ1n) is 8.30. The molecule has 130 valence electrons. The Balaban J connectivity index is 1.63. The second kappa shape index (κ2) is 6.84. The Labute approximate surface area is 154 Å². The first-order valence-corrected chi connectivity index (χ1v) is 8.68. The van der Waals surface area contributed by atoms with Crippen LogP contribution in [0.2, 0.25) is 5.02 Å². The Hall–Kier alpha value is -2.79. The number of nitrogens with one attached hydrogen (secondary N) is 1. The van der Waals surface area contributed by atoms with Crippen LogP contribution < -0.4 is 5.43 Å². The number of rotatable bonds is 4. The van der Waals surface area contributed by atoms with Gasteiger partial charge < -0.3 is 0 Å². The van der Waals surface area contributed by atoms with Gasteiger partial charge in [0.1, 0.15) is 5.82 Å². The molecule has 1 aliphatic rings. The van der Waals surface area contributed by atoms with Crippen molar-refractivity contribution in [2.75, 3.05) is 0 Å². The van der Waals surface area contributed by atoms with E-state index in [9.17, 15) is 9.18 Å². The molecule has 1 N–H and O–H groups in total. The van der Waals surface area contributed by atoms with Crippen molar-refractivity contribution in [1.82, 2.24) is 10.4 Å². The molecular weight excluding hydrogens is 353 g/mol. The number of nitrogens with zero attached hydrogens (tertiary/aromatic N) is 2. The molecule has 0 bridgehead atoms. The molecule has 1 heterocycles. The summed E-state index contributed by atoms with van der Waals surface area (Å²) < 4.78 is 13.8. The largest absolute Gasteiger partial charge is 0.272 e. The Morgan fingerprint density at radius 2 is 2.04 bits per heavy atom. The van der Waals surface area contributed by atoms with E-state index in [4.69, 9.17) is 11.6 Å². The van der Waals surface area contributed by atoms with Gasteiger partial charge in [0.2, 0.25) is 0 Å². The molecule has 1 aliphatic carbocycles. The molecule has 2 aromatic carbocycles. The van der Waals surface area contributed by atoms with Crippen LogP contribution in [0, 0.1) is 5.82 Å². The van der Waals surface area contributed by atoms with Crippen LogP contribution in [-0.4, -0.2) is 17.1 Å². The van der Waals surface area contributed by atoms with Crippen molar-refractivity contribution in [3.8, 4) is 0 Å². The number of para-hydroxylation sites is 1. The lowest BCUT2D eigenvalue weighted by Gasteiger charge is -2.08. The number of benzene rings is 2. The van der Waals surface area contributed by atoms with Gasteiger partial charge in [0.05, 0.1) is 22.3 Å². The number of hydrogen-bond donors (Lipinski definition) is 1. The van der Waals surface area contributed by atoms with Gasteiger partial charge in [-0.3, -0.25) is 9.78 Å². The molecule has 0 radical (unpaired) electrons. The van der Waals surface area contributed by atoms with Crippen molar-refractivity contribution >= 4 is 34.6 Å². The molecule has 1 fully saturated rings. The van der Waals surface area contributed by atoms with Crippen LogP contribution in [0.1, 0.15) is 40.4 Å². The maximum Gasteiger partial charge on any atom is 0.272 e. The van der Waals surface area contributed by atoms with Gasteiger partial charge >= 0.3 is 0 Å². The summed E-state index contributed by atoms with van der Waals surface area (Å²) in [7, 11) is 0. The van der Waals surface area contributed by atoms with Crippen LogP contribution in [0.4, 0.5) is 4.39 Å². The number of aromatic nitrogens is 1. The van der Waals surface area contributed by atoms with Crippen molar-refractivity contribution in [3.63, 3.8) is 0 Å². The average molecular weight is 368 g/mol. The maximum absolute atomic E-state index is 13.8. The van der Waals surface area contributed by atoms with Crippen LogP contribution in [0.3, 0.4) is 0 Å². The highest BCUT2D eigenvalue weighted by atomic mass is 35.5. The molecule has 4 rings (SSSR count). The van der Waals surface area contributed by atoms with Crippen molar-refractivity contribution in [2.24, 2.45) is 5.10 Å². The quantitative estimate of drug-likeness (QED) is 0.538. The molecule has 0 unspecified atom stereocenters. The van der Waals surface area contributed by atoms with E-state index >= 15 is 0 Å². The van der Waals surface area contributed by atoms with Crippen LogP contribution in [0.25, 0.3) is 10.9 Å². The van der Waals surface area contributed by atoms with Crippen molar-refractivity contribution in [2.45, 2.75) is 18.8 Å². The smallest absolute Gasteiger partial charge is 0.267 e. The first-order chi connectivity index (χ1) is 12.6. The molecule has 26 heavy (non-hydrogen) atoms. The second-order valence-corrected chi connectivity index (χ2v) is 6.63. The number of pyridine rings is 1. The molecule has 1 saturated carbocycles. The fourth-order valence-electron chi connectivity index (χ4n) is 2.82. The molecule has 1 amide bonds. The Morgan fingerprint density at radius 1 is 1.23 bits per heavy atom.